The Morgan fingerprint density at radius 2 is 1.45 bits per heavy atom. The molecule has 2 aromatic carbocycles. The number of aromatic hydroxyl groups is 1. The van der Waals surface area contributed by atoms with Crippen molar-refractivity contribution in [2.75, 3.05) is 0 Å². The molecule has 1 aliphatic rings. The van der Waals surface area contributed by atoms with Crippen LogP contribution in [-0.2, 0) is 13.1 Å². The molecule has 0 unspecified atom stereocenters. The molecule has 0 bridgehead atoms. The number of hydrogen-bond acceptors (Lipinski definition) is 4. The molecule has 2 heterocycles. The van der Waals surface area contributed by atoms with Crippen molar-refractivity contribution in [3.63, 3.8) is 0 Å². The summed E-state index contributed by atoms with van der Waals surface area (Å²) in [6.07, 6.45) is 6.47. The lowest BCUT2D eigenvalue weighted by atomic mass is 10.1. The van der Waals surface area contributed by atoms with Crippen molar-refractivity contribution in [3.05, 3.63) is 116 Å². The molecule has 3 aromatic rings. The topological polar surface area (TPSA) is 76.6 Å². The standard InChI is InChI=1S/C23H19N3O3/c27-21-20(13-19-11-12-24-14-19)22(28)26(16-18-9-5-2-6-10-18)23(29)25(21)15-17-7-3-1-4-8-17/h1-14,27H,15-16H2. The maximum Gasteiger partial charge on any atom is 0.334 e. The van der Waals surface area contributed by atoms with Gasteiger partial charge >= 0.3 is 5.69 Å². The number of rotatable bonds is 5. The second-order valence-electron chi connectivity index (χ2n) is 6.71. The molecule has 0 amide bonds. The molecule has 6 heteroatoms. The number of nitrogens with zero attached hydrogens (tertiary/aromatic N) is 3. The van der Waals surface area contributed by atoms with E-state index in [1.807, 2.05) is 60.7 Å². The summed E-state index contributed by atoms with van der Waals surface area (Å²) < 4.78 is 2.38. The van der Waals surface area contributed by atoms with Gasteiger partial charge < -0.3 is 5.11 Å². The van der Waals surface area contributed by atoms with Gasteiger partial charge in [0.15, 0.2) is 0 Å². The molecule has 4 rings (SSSR count). The van der Waals surface area contributed by atoms with Gasteiger partial charge in [-0.2, -0.15) is 0 Å². The highest BCUT2D eigenvalue weighted by Crippen LogP contribution is 2.18. The van der Waals surface area contributed by atoms with Crippen molar-refractivity contribution in [1.29, 1.82) is 0 Å². The monoisotopic (exact) mass is 385 g/mol. The van der Waals surface area contributed by atoms with Crippen LogP contribution >= 0.6 is 0 Å². The fraction of sp³-hybridized carbons (Fsp3) is 0.0870. The molecule has 0 saturated carbocycles. The lowest BCUT2D eigenvalue weighted by Crippen LogP contribution is -2.41. The Kier molecular flexibility index (Phi) is 5.07. The lowest BCUT2D eigenvalue weighted by molar-refractivity contribution is 0.398. The second kappa shape index (κ2) is 7.98. The average molecular weight is 385 g/mol. The Bertz CT molecular complexity index is 1220. The molecular formula is C23H19N3O3. The molecule has 1 N–H and O–H groups in total. The van der Waals surface area contributed by atoms with Gasteiger partial charge in [-0.1, -0.05) is 60.7 Å². The molecule has 6 nitrogen and oxygen atoms in total. The van der Waals surface area contributed by atoms with Gasteiger partial charge in [0.1, 0.15) is 5.56 Å². The number of aromatic nitrogens is 2. The highest BCUT2D eigenvalue weighted by Gasteiger charge is 2.18. The van der Waals surface area contributed by atoms with Gasteiger partial charge in [0.2, 0.25) is 5.88 Å². The molecule has 0 radical (unpaired) electrons. The van der Waals surface area contributed by atoms with E-state index in [0.717, 1.165) is 15.7 Å². The minimum atomic E-state index is -0.557. The van der Waals surface area contributed by atoms with Gasteiger partial charge in [0.05, 0.1) is 13.1 Å². The normalized spacial score (nSPS) is 14.0. The largest absolute Gasteiger partial charge is 0.494 e. The minimum Gasteiger partial charge on any atom is -0.494 e. The maximum absolute atomic E-state index is 13.1. The van der Waals surface area contributed by atoms with Crippen LogP contribution < -0.4 is 11.2 Å². The summed E-state index contributed by atoms with van der Waals surface area (Å²) in [6, 6.07) is 18.6. The van der Waals surface area contributed by atoms with Gasteiger partial charge in [-0.15, -0.1) is 0 Å². The van der Waals surface area contributed by atoms with Crippen molar-refractivity contribution in [1.82, 2.24) is 9.13 Å². The number of aliphatic imine (C=N–C) groups is 1. The average Bonchev–Trinajstić information content (AvgIpc) is 3.27. The van der Waals surface area contributed by atoms with E-state index in [-0.39, 0.29) is 24.5 Å². The Balaban J connectivity index is 1.90. The van der Waals surface area contributed by atoms with E-state index < -0.39 is 11.2 Å². The van der Waals surface area contributed by atoms with Crippen molar-refractivity contribution in [2.45, 2.75) is 13.1 Å². The van der Waals surface area contributed by atoms with Crippen LogP contribution in [0.25, 0.3) is 6.08 Å². The number of benzene rings is 2. The van der Waals surface area contributed by atoms with Crippen LogP contribution in [0, 0.1) is 0 Å². The fourth-order valence-corrected chi connectivity index (χ4v) is 3.20. The van der Waals surface area contributed by atoms with E-state index in [2.05, 4.69) is 4.99 Å². The van der Waals surface area contributed by atoms with Crippen molar-refractivity contribution in [2.24, 2.45) is 4.99 Å². The summed E-state index contributed by atoms with van der Waals surface area (Å²) in [5.74, 6) is -0.352. The summed E-state index contributed by atoms with van der Waals surface area (Å²) in [5.41, 5.74) is 1.30. The first-order chi connectivity index (χ1) is 14.1. The Labute approximate surface area is 167 Å². The lowest BCUT2D eigenvalue weighted by Gasteiger charge is -2.15. The highest BCUT2D eigenvalue weighted by atomic mass is 16.3. The zero-order valence-electron chi connectivity index (χ0n) is 15.6. The first kappa shape index (κ1) is 18.4. The first-order valence-electron chi connectivity index (χ1n) is 9.19. The minimum absolute atomic E-state index is 0.0597. The summed E-state index contributed by atoms with van der Waals surface area (Å²) in [5, 5.41) is 10.8. The van der Waals surface area contributed by atoms with Crippen LogP contribution in [0.3, 0.4) is 0 Å². The maximum atomic E-state index is 13.1. The number of allylic oxidation sites excluding steroid dienone is 2. The molecular weight excluding hydrogens is 366 g/mol. The molecule has 0 fully saturated rings. The summed E-state index contributed by atoms with van der Waals surface area (Å²) in [4.78, 5) is 30.2. The third-order valence-electron chi connectivity index (χ3n) is 4.69. The first-order valence-corrected chi connectivity index (χ1v) is 9.19. The molecule has 0 aliphatic carbocycles. The summed E-state index contributed by atoms with van der Waals surface area (Å²) >= 11 is 0. The highest BCUT2D eigenvalue weighted by molar-refractivity contribution is 5.91. The van der Waals surface area contributed by atoms with E-state index in [1.54, 1.807) is 24.6 Å². The Morgan fingerprint density at radius 3 is 2.00 bits per heavy atom. The van der Waals surface area contributed by atoms with E-state index in [0.29, 0.717) is 5.57 Å². The Morgan fingerprint density at radius 1 is 0.862 bits per heavy atom. The number of hydrogen-bond donors (Lipinski definition) is 1. The van der Waals surface area contributed by atoms with Crippen LogP contribution in [0.4, 0.5) is 0 Å². The Hall–Kier alpha value is -3.93. The fourth-order valence-electron chi connectivity index (χ4n) is 3.20. The van der Waals surface area contributed by atoms with Gasteiger partial charge in [0, 0.05) is 12.4 Å². The third-order valence-corrected chi connectivity index (χ3v) is 4.69. The van der Waals surface area contributed by atoms with E-state index >= 15 is 0 Å². The van der Waals surface area contributed by atoms with Crippen molar-refractivity contribution in [3.8, 4) is 5.88 Å². The van der Waals surface area contributed by atoms with Gasteiger partial charge in [0.25, 0.3) is 5.56 Å². The summed E-state index contributed by atoms with van der Waals surface area (Å²) in [6.45, 7) is 0.272. The van der Waals surface area contributed by atoms with Crippen LogP contribution in [0.5, 0.6) is 5.88 Å². The summed E-state index contributed by atoms with van der Waals surface area (Å²) in [7, 11) is 0. The van der Waals surface area contributed by atoms with Crippen molar-refractivity contribution < 1.29 is 5.11 Å². The van der Waals surface area contributed by atoms with Crippen LogP contribution in [0.2, 0.25) is 0 Å². The van der Waals surface area contributed by atoms with Crippen LogP contribution in [0.15, 0.2) is 93.1 Å². The SMILES string of the molecule is O=c1c(C=C2C=CN=C2)c(O)n(Cc2ccccc2)c(=O)n1Cc1ccccc1. The van der Waals surface area contributed by atoms with Gasteiger partial charge in [-0.05, 0) is 28.9 Å². The molecule has 29 heavy (non-hydrogen) atoms. The van der Waals surface area contributed by atoms with Gasteiger partial charge in [-0.3, -0.25) is 18.9 Å². The quantitative estimate of drug-likeness (QED) is 0.734. The predicted molar refractivity (Wildman–Crippen MR) is 113 cm³/mol. The molecule has 0 saturated heterocycles. The smallest absolute Gasteiger partial charge is 0.334 e. The second-order valence-corrected chi connectivity index (χ2v) is 6.71. The van der Waals surface area contributed by atoms with Crippen molar-refractivity contribution >= 4 is 12.3 Å². The van der Waals surface area contributed by atoms with E-state index in [1.165, 1.54) is 4.57 Å². The van der Waals surface area contributed by atoms with E-state index in [4.69, 9.17) is 0 Å². The molecule has 0 spiro atoms. The van der Waals surface area contributed by atoms with E-state index in [9.17, 15) is 14.7 Å². The molecule has 144 valence electrons. The molecule has 1 aliphatic heterocycles. The van der Waals surface area contributed by atoms with Gasteiger partial charge in [-0.25, -0.2) is 4.79 Å². The predicted octanol–water partition coefficient (Wildman–Crippen LogP) is 2.79. The molecule has 1 aromatic heterocycles. The van der Waals surface area contributed by atoms with Crippen LogP contribution in [-0.4, -0.2) is 20.5 Å². The zero-order valence-corrected chi connectivity index (χ0v) is 15.6. The zero-order chi connectivity index (χ0) is 20.2. The third kappa shape index (κ3) is 3.87. The molecule has 0 atom stereocenters. The van der Waals surface area contributed by atoms with Crippen LogP contribution in [0.1, 0.15) is 16.7 Å².